The first-order valence-electron chi connectivity index (χ1n) is 13.1. The normalized spacial score (nSPS) is 14.0. The molecule has 1 aliphatic rings. The number of carbonyl (C=O) groups is 1. The lowest BCUT2D eigenvalue weighted by molar-refractivity contribution is 0.139. The smallest absolute Gasteiger partial charge is 0.407 e. The number of rotatable bonds is 12. The number of benzene rings is 1. The molecule has 0 spiro atoms. The predicted octanol–water partition coefficient (Wildman–Crippen LogP) is 5.86. The number of methoxy groups -OCH3 is 3. The van der Waals surface area contributed by atoms with E-state index in [9.17, 15) is 9.59 Å². The minimum atomic E-state index is -0.481. The van der Waals surface area contributed by atoms with Crippen LogP contribution in [0.1, 0.15) is 69.0 Å². The molecule has 2 aromatic rings. The van der Waals surface area contributed by atoms with Crippen molar-refractivity contribution < 1.29 is 23.7 Å². The van der Waals surface area contributed by atoms with E-state index in [0.717, 1.165) is 36.0 Å². The first-order chi connectivity index (χ1) is 18.0. The summed E-state index contributed by atoms with van der Waals surface area (Å²) in [4.78, 5) is 25.8. The van der Waals surface area contributed by atoms with Crippen LogP contribution in [0.15, 0.2) is 29.1 Å². The SMILES string of the molecule is CCCCCCCCOC(=O)N[C@H]1CCc2cc(OC)c(OC)c(OC)c2-c2ccc(NC)c(=O)cc21. The van der Waals surface area contributed by atoms with Crippen LogP contribution in [0, 0.1) is 0 Å². The molecule has 0 unspecified atom stereocenters. The van der Waals surface area contributed by atoms with Crippen LogP contribution < -0.4 is 30.3 Å². The van der Waals surface area contributed by atoms with Crippen LogP contribution in [0.25, 0.3) is 11.1 Å². The van der Waals surface area contributed by atoms with Gasteiger partial charge in [0, 0.05) is 12.6 Å². The van der Waals surface area contributed by atoms with Gasteiger partial charge in [0.15, 0.2) is 11.5 Å². The van der Waals surface area contributed by atoms with Crippen LogP contribution in [0.3, 0.4) is 0 Å². The van der Waals surface area contributed by atoms with E-state index in [1.165, 1.54) is 19.3 Å². The number of unbranched alkanes of at least 4 members (excludes halogenated alkanes) is 5. The number of nitrogens with one attached hydrogen (secondary N) is 2. The molecule has 1 atom stereocenters. The van der Waals surface area contributed by atoms with Crippen molar-refractivity contribution in [1.29, 1.82) is 0 Å². The number of aryl methyl sites for hydroxylation is 1. The monoisotopic (exact) mass is 512 g/mol. The third-order valence-corrected chi connectivity index (χ3v) is 6.83. The molecule has 8 nitrogen and oxygen atoms in total. The standard InChI is InChI=1S/C29H40N2O6/c1-6-7-8-9-10-11-16-37-29(33)31-22-14-12-19-17-25(34-3)27(35-4)28(36-5)26(19)20-13-15-23(30-2)24(32)18-21(20)22/h13,15,17-18,22H,6-12,14,16H2,1-5H3,(H,30,32)(H,31,33)/t22-/m0/s1. The molecular formula is C29H40N2O6. The number of carbonyl (C=O) groups excluding carboxylic acids is 1. The highest BCUT2D eigenvalue weighted by molar-refractivity contribution is 5.83. The Bertz CT molecular complexity index is 1130. The number of hydrogen-bond acceptors (Lipinski definition) is 7. The summed E-state index contributed by atoms with van der Waals surface area (Å²) >= 11 is 0. The van der Waals surface area contributed by atoms with E-state index < -0.39 is 12.1 Å². The molecule has 0 aromatic heterocycles. The van der Waals surface area contributed by atoms with Gasteiger partial charge in [-0.3, -0.25) is 4.79 Å². The Balaban J connectivity index is 1.95. The molecule has 0 radical (unpaired) electrons. The lowest BCUT2D eigenvalue weighted by Gasteiger charge is -2.20. The average Bonchev–Trinajstić information content (AvgIpc) is 3.15. The fourth-order valence-corrected chi connectivity index (χ4v) is 4.90. The van der Waals surface area contributed by atoms with Gasteiger partial charge in [-0.25, -0.2) is 4.79 Å². The van der Waals surface area contributed by atoms with E-state index in [4.69, 9.17) is 18.9 Å². The Kier molecular flexibility index (Phi) is 10.5. The van der Waals surface area contributed by atoms with Gasteiger partial charge in [-0.2, -0.15) is 0 Å². The van der Waals surface area contributed by atoms with Crippen molar-refractivity contribution in [2.24, 2.45) is 0 Å². The highest BCUT2D eigenvalue weighted by Crippen LogP contribution is 2.50. The van der Waals surface area contributed by atoms with Gasteiger partial charge in [0.25, 0.3) is 0 Å². The Labute approximate surface area is 219 Å². The van der Waals surface area contributed by atoms with Crippen LogP contribution in [-0.2, 0) is 11.2 Å². The van der Waals surface area contributed by atoms with E-state index >= 15 is 0 Å². The van der Waals surface area contributed by atoms with Crippen LogP contribution in [0.4, 0.5) is 10.5 Å². The average molecular weight is 513 g/mol. The van der Waals surface area contributed by atoms with Crippen molar-refractivity contribution in [3.05, 3.63) is 45.6 Å². The van der Waals surface area contributed by atoms with E-state index in [2.05, 4.69) is 17.6 Å². The van der Waals surface area contributed by atoms with Crippen LogP contribution in [-0.4, -0.2) is 41.1 Å². The fourth-order valence-electron chi connectivity index (χ4n) is 4.90. The van der Waals surface area contributed by atoms with Gasteiger partial charge >= 0.3 is 6.09 Å². The molecule has 37 heavy (non-hydrogen) atoms. The summed E-state index contributed by atoms with van der Waals surface area (Å²) in [6.07, 6.45) is 7.40. The molecule has 8 heteroatoms. The summed E-state index contributed by atoms with van der Waals surface area (Å²) < 4.78 is 22.5. The lowest BCUT2D eigenvalue weighted by Crippen LogP contribution is -2.30. The Morgan fingerprint density at radius 1 is 0.973 bits per heavy atom. The lowest BCUT2D eigenvalue weighted by atomic mass is 9.95. The van der Waals surface area contributed by atoms with E-state index in [1.54, 1.807) is 40.5 Å². The molecule has 202 valence electrons. The van der Waals surface area contributed by atoms with Gasteiger partial charge in [0.05, 0.1) is 39.7 Å². The molecule has 0 saturated carbocycles. The van der Waals surface area contributed by atoms with Gasteiger partial charge in [-0.05, 0) is 54.2 Å². The largest absolute Gasteiger partial charge is 0.493 e. The predicted molar refractivity (Wildman–Crippen MR) is 146 cm³/mol. The fraction of sp³-hybridized carbons (Fsp3) is 0.517. The molecule has 1 aliphatic carbocycles. The number of anilines is 1. The summed E-state index contributed by atoms with van der Waals surface area (Å²) in [5, 5.41) is 5.97. The summed E-state index contributed by atoms with van der Waals surface area (Å²) in [7, 11) is 6.44. The number of amides is 1. The minimum Gasteiger partial charge on any atom is -0.493 e. The van der Waals surface area contributed by atoms with Crippen molar-refractivity contribution >= 4 is 11.8 Å². The molecule has 0 aliphatic heterocycles. The van der Waals surface area contributed by atoms with Crippen molar-refractivity contribution in [3.63, 3.8) is 0 Å². The van der Waals surface area contributed by atoms with E-state index in [-0.39, 0.29) is 5.43 Å². The summed E-state index contributed by atoms with van der Waals surface area (Å²) in [6.45, 7) is 2.56. The van der Waals surface area contributed by atoms with Gasteiger partial charge in [-0.1, -0.05) is 45.1 Å². The number of ether oxygens (including phenoxy) is 4. The van der Waals surface area contributed by atoms with Crippen molar-refractivity contribution in [2.75, 3.05) is 40.3 Å². The zero-order valence-electron chi connectivity index (χ0n) is 22.7. The maximum Gasteiger partial charge on any atom is 0.407 e. The quantitative estimate of drug-likeness (QED) is 0.344. The number of alkyl carbamates (subject to hydrolysis) is 1. The zero-order valence-corrected chi connectivity index (χ0v) is 22.7. The molecule has 1 amide bonds. The Morgan fingerprint density at radius 2 is 1.70 bits per heavy atom. The van der Waals surface area contributed by atoms with Gasteiger partial charge in [-0.15, -0.1) is 0 Å². The van der Waals surface area contributed by atoms with Gasteiger partial charge < -0.3 is 29.6 Å². The molecule has 0 fully saturated rings. The second-order valence-corrected chi connectivity index (χ2v) is 9.19. The zero-order chi connectivity index (χ0) is 26.8. The van der Waals surface area contributed by atoms with Crippen molar-refractivity contribution in [2.45, 2.75) is 64.3 Å². The molecule has 2 aromatic carbocycles. The highest BCUT2D eigenvalue weighted by atomic mass is 16.5. The number of fused-ring (bicyclic) bond motifs is 3. The van der Waals surface area contributed by atoms with Gasteiger partial charge in [0.2, 0.25) is 11.2 Å². The molecule has 0 heterocycles. The van der Waals surface area contributed by atoms with Crippen LogP contribution in [0.2, 0.25) is 0 Å². The molecule has 0 bridgehead atoms. The minimum absolute atomic E-state index is 0.168. The molecular weight excluding hydrogens is 472 g/mol. The first kappa shape index (κ1) is 28.2. The molecule has 3 rings (SSSR count). The highest BCUT2D eigenvalue weighted by Gasteiger charge is 2.30. The second kappa shape index (κ2) is 13.8. The Morgan fingerprint density at radius 3 is 2.38 bits per heavy atom. The Hall–Kier alpha value is -3.42. The summed E-state index contributed by atoms with van der Waals surface area (Å²) in [5.74, 6) is 1.56. The third-order valence-electron chi connectivity index (χ3n) is 6.83. The maximum atomic E-state index is 13.0. The topological polar surface area (TPSA) is 95.1 Å². The van der Waals surface area contributed by atoms with Gasteiger partial charge in [0.1, 0.15) is 0 Å². The van der Waals surface area contributed by atoms with Crippen molar-refractivity contribution in [3.8, 4) is 28.4 Å². The molecule has 0 saturated heterocycles. The van der Waals surface area contributed by atoms with Crippen molar-refractivity contribution in [1.82, 2.24) is 5.32 Å². The molecule has 2 N–H and O–H groups in total. The number of hydrogen-bond donors (Lipinski definition) is 2. The van der Waals surface area contributed by atoms with Crippen LogP contribution >= 0.6 is 0 Å². The summed E-state index contributed by atoms with van der Waals surface area (Å²) in [6, 6.07) is 6.73. The van der Waals surface area contributed by atoms with E-state index in [0.29, 0.717) is 47.9 Å². The third kappa shape index (κ3) is 6.67. The van der Waals surface area contributed by atoms with E-state index in [1.807, 2.05) is 12.1 Å². The summed E-state index contributed by atoms with van der Waals surface area (Å²) in [5.41, 5.74) is 3.57. The maximum absolute atomic E-state index is 13.0. The first-order valence-corrected chi connectivity index (χ1v) is 13.1. The van der Waals surface area contributed by atoms with Crippen LogP contribution in [0.5, 0.6) is 17.2 Å². The second-order valence-electron chi connectivity index (χ2n) is 9.19.